The third kappa shape index (κ3) is 2.35. The second kappa shape index (κ2) is 4.51. The molecule has 0 aliphatic rings. The van der Waals surface area contributed by atoms with Gasteiger partial charge in [0.2, 0.25) is 0 Å². The van der Waals surface area contributed by atoms with Crippen molar-refractivity contribution in [3.8, 4) is 0 Å². The van der Waals surface area contributed by atoms with Crippen LogP contribution in [0.1, 0.15) is 19.4 Å². The fourth-order valence-electron chi connectivity index (χ4n) is 1.89. The third-order valence-corrected chi connectivity index (χ3v) is 3.62. The van der Waals surface area contributed by atoms with Gasteiger partial charge >= 0.3 is 0 Å². The lowest BCUT2D eigenvalue weighted by Gasteiger charge is -2.34. The quantitative estimate of drug-likeness (QED) is 0.848. The number of fused-ring (bicyclic) bond motifs is 1. The fourth-order valence-corrected chi connectivity index (χ4v) is 1.89. The van der Waals surface area contributed by atoms with Crippen molar-refractivity contribution in [3.05, 3.63) is 36.0 Å². The zero-order valence-corrected chi connectivity index (χ0v) is 10.8. The molecular weight excluding hydrogens is 210 g/mol. The molecule has 0 amide bonds. The van der Waals surface area contributed by atoms with Gasteiger partial charge in [-0.2, -0.15) is 0 Å². The molecule has 17 heavy (non-hydrogen) atoms. The largest absolute Gasteiger partial charge is 0.361 e. The molecule has 1 aromatic carbocycles. The summed E-state index contributed by atoms with van der Waals surface area (Å²) >= 11 is 0. The molecule has 0 radical (unpaired) electrons. The molecule has 2 aromatic rings. The zero-order valence-electron chi connectivity index (χ0n) is 10.8. The number of rotatable bonds is 4. The van der Waals surface area contributed by atoms with Crippen LogP contribution in [0.5, 0.6) is 0 Å². The number of benzene rings is 1. The maximum atomic E-state index is 5.80. The molecule has 0 bridgehead atoms. The highest BCUT2D eigenvalue weighted by molar-refractivity contribution is 5.82. The van der Waals surface area contributed by atoms with Crippen molar-refractivity contribution in [2.75, 3.05) is 13.6 Å². The van der Waals surface area contributed by atoms with E-state index in [9.17, 15) is 0 Å². The lowest BCUT2D eigenvalue weighted by Crippen LogP contribution is -2.46. The van der Waals surface area contributed by atoms with Crippen molar-refractivity contribution in [3.63, 3.8) is 0 Å². The Balaban J connectivity index is 2.24. The monoisotopic (exact) mass is 231 g/mol. The second-order valence-corrected chi connectivity index (χ2v) is 5.23. The third-order valence-electron chi connectivity index (χ3n) is 3.62. The first kappa shape index (κ1) is 12.1. The minimum absolute atomic E-state index is 0.0262. The van der Waals surface area contributed by atoms with Gasteiger partial charge in [0.25, 0.3) is 0 Å². The summed E-state index contributed by atoms with van der Waals surface area (Å²) in [5.74, 6) is 0. The molecule has 0 unspecified atom stereocenters. The predicted molar refractivity (Wildman–Crippen MR) is 72.9 cm³/mol. The molecule has 0 aliphatic carbocycles. The van der Waals surface area contributed by atoms with E-state index >= 15 is 0 Å². The van der Waals surface area contributed by atoms with Crippen LogP contribution in [0.3, 0.4) is 0 Å². The average Bonchev–Trinajstić information content (AvgIpc) is 2.73. The number of hydrogen-bond donors (Lipinski definition) is 2. The fraction of sp³-hybridized carbons (Fsp3) is 0.429. The molecule has 0 aliphatic heterocycles. The van der Waals surface area contributed by atoms with E-state index in [0.29, 0.717) is 6.54 Å². The number of nitrogens with two attached hydrogens (primary N) is 1. The summed E-state index contributed by atoms with van der Waals surface area (Å²) in [6.45, 7) is 5.91. The van der Waals surface area contributed by atoms with Gasteiger partial charge in [-0.3, -0.25) is 4.90 Å². The molecule has 1 aromatic heterocycles. The number of aromatic nitrogens is 1. The van der Waals surface area contributed by atoms with Crippen LogP contribution in [0.4, 0.5) is 0 Å². The highest BCUT2D eigenvalue weighted by Crippen LogP contribution is 2.21. The van der Waals surface area contributed by atoms with Gasteiger partial charge in [0.05, 0.1) is 0 Å². The zero-order chi connectivity index (χ0) is 12.5. The smallest absolute Gasteiger partial charge is 0.0457 e. The summed E-state index contributed by atoms with van der Waals surface area (Å²) < 4.78 is 0. The second-order valence-electron chi connectivity index (χ2n) is 5.23. The first-order valence-corrected chi connectivity index (χ1v) is 6.01. The normalized spacial score (nSPS) is 12.5. The van der Waals surface area contributed by atoms with Crippen molar-refractivity contribution in [2.45, 2.75) is 25.9 Å². The van der Waals surface area contributed by atoms with E-state index in [1.54, 1.807) is 0 Å². The molecule has 92 valence electrons. The van der Waals surface area contributed by atoms with E-state index < -0.39 is 0 Å². The van der Waals surface area contributed by atoms with Crippen LogP contribution in [-0.4, -0.2) is 29.0 Å². The Labute approximate surface area is 103 Å². The van der Waals surface area contributed by atoms with Crippen LogP contribution in [0.2, 0.25) is 0 Å². The van der Waals surface area contributed by atoms with Crippen LogP contribution >= 0.6 is 0 Å². The number of hydrogen-bond acceptors (Lipinski definition) is 2. The Bertz CT molecular complexity index is 499. The van der Waals surface area contributed by atoms with Crippen LogP contribution in [0, 0.1) is 0 Å². The summed E-state index contributed by atoms with van der Waals surface area (Å²) in [5.41, 5.74) is 8.35. The molecule has 2 rings (SSSR count). The molecule has 3 N–H and O–H groups in total. The van der Waals surface area contributed by atoms with Gasteiger partial charge in [-0.15, -0.1) is 0 Å². The Morgan fingerprint density at radius 1 is 1.29 bits per heavy atom. The van der Waals surface area contributed by atoms with E-state index in [4.69, 9.17) is 5.73 Å². The molecule has 0 saturated heterocycles. The Hall–Kier alpha value is -1.32. The summed E-state index contributed by atoms with van der Waals surface area (Å²) in [6.07, 6.45) is 2.09. The maximum Gasteiger partial charge on any atom is 0.0457 e. The Kier molecular flexibility index (Phi) is 3.22. The molecule has 0 spiro atoms. The SMILES string of the molecule is CN(Cc1c[nH]c2ccccc12)C(C)(C)CN. The average molecular weight is 231 g/mol. The van der Waals surface area contributed by atoms with E-state index in [1.165, 1.54) is 16.5 Å². The summed E-state index contributed by atoms with van der Waals surface area (Å²) in [5, 5.41) is 1.30. The number of para-hydroxylation sites is 1. The standard InChI is InChI=1S/C14H21N3/c1-14(2,10-15)17(3)9-11-8-16-13-7-5-4-6-12(11)13/h4-8,16H,9-10,15H2,1-3H3. The van der Waals surface area contributed by atoms with Crippen LogP contribution in [0.15, 0.2) is 30.5 Å². The number of likely N-dealkylation sites (N-methyl/N-ethyl adjacent to an activating group) is 1. The van der Waals surface area contributed by atoms with Crippen molar-refractivity contribution in [2.24, 2.45) is 5.73 Å². The molecule has 0 fully saturated rings. The van der Waals surface area contributed by atoms with Crippen molar-refractivity contribution < 1.29 is 0 Å². The lowest BCUT2D eigenvalue weighted by atomic mass is 10.0. The summed E-state index contributed by atoms with van der Waals surface area (Å²) in [4.78, 5) is 5.60. The van der Waals surface area contributed by atoms with Crippen molar-refractivity contribution in [1.82, 2.24) is 9.88 Å². The minimum atomic E-state index is 0.0262. The highest BCUT2D eigenvalue weighted by atomic mass is 15.2. The van der Waals surface area contributed by atoms with E-state index in [0.717, 1.165) is 6.54 Å². The van der Waals surface area contributed by atoms with E-state index in [-0.39, 0.29) is 5.54 Å². The molecule has 0 atom stereocenters. The van der Waals surface area contributed by atoms with Crippen molar-refractivity contribution in [1.29, 1.82) is 0 Å². The van der Waals surface area contributed by atoms with E-state index in [2.05, 4.69) is 61.2 Å². The van der Waals surface area contributed by atoms with Gasteiger partial charge < -0.3 is 10.7 Å². The molecule has 1 heterocycles. The first-order chi connectivity index (χ1) is 8.04. The maximum absolute atomic E-state index is 5.80. The Morgan fingerprint density at radius 2 is 2.00 bits per heavy atom. The number of H-pyrrole nitrogens is 1. The molecule has 0 saturated carbocycles. The summed E-state index contributed by atoms with van der Waals surface area (Å²) in [7, 11) is 2.12. The summed E-state index contributed by atoms with van der Waals surface area (Å²) in [6, 6.07) is 8.39. The first-order valence-electron chi connectivity index (χ1n) is 6.01. The van der Waals surface area contributed by atoms with Gasteiger partial charge in [0.15, 0.2) is 0 Å². The van der Waals surface area contributed by atoms with Gasteiger partial charge in [-0.25, -0.2) is 0 Å². The van der Waals surface area contributed by atoms with Gasteiger partial charge in [-0.1, -0.05) is 18.2 Å². The van der Waals surface area contributed by atoms with Gasteiger partial charge in [-0.05, 0) is 32.5 Å². The van der Waals surface area contributed by atoms with Crippen LogP contribution < -0.4 is 5.73 Å². The molecule has 3 nitrogen and oxygen atoms in total. The number of nitrogens with one attached hydrogen (secondary N) is 1. The van der Waals surface area contributed by atoms with Gasteiger partial charge in [0.1, 0.15) is 0 Å². The minimum Gasteiger partial charge on any atom is -0.361 e. The predicted octanol–water partition coefficient (Wildman–Crippen LogP) is 2.34. The van der Waals surface area contributed by atoms with Crippen LogP contribution in [0.25, 0.3) is 10.9 Å². The Morgan fingerprint density at radius 3 is 2.71 bits per heavy atom. The molecule has 3 heteroatoms. The molecular formula is C14H21N3. The van der Waals surface area contributed by atoms with E-state index in [1.807, 2.05) is 0 Å². The van der Waals surface area contributed by atoms with Crippen LogP contribution in [-0.2, 0) is 6.54 Å². The number of aromatic amines is 1. The topological polar surface area (TPSA) is 45.0 Å². The van der Waals surface area contributed by atoms with Crippen molar-refractivity contribution >= 4 is 10.9 Å². The highest BCUT2D eigenvalue weighted by Gasteiger charge is 2.22. The van der Waals surface area contributed by atoms with Gasteiger partial charge in [0, 0.05) is 35.7 Å². The lowest BCUT2D eigenvalue weighted by molar-refractivity contribution is 0.156. The number of nitrogens with zero attached hydrogens (tertiary/aromatic N) is 1.